The first-order valence-corrected chi connectivity index (χ1v) is 9.23. The van der Waals surface area contributed by atoms with E-state index in [-0.39, 0.29) is 12.1 Å². The summed E-state index contributed by atoms with van der Waals surface area (Å²) in [7, 11) is 0. The molecule has 0 bridgehead atoms. The number of amides is 2. The van der Waals surface area contributed by atoms with E-state index < -0.39 is 0 Å². The largest absolute Gasteiger partial charge is 0.469 e. The molecule has 0 fully saturated rings. The summed E-state index contributed by atoms with van der Waals surface area (Å²) in [5, 5.41) is 6.70. The molecule has 2 amide bonds. The highest BCUT2D eigenvalue weighted by Crippen LogP contribution is 2.31. The van der Waals surface area contributed by atoms with Crippen LogP contribution in [0.4, 0.5) is 9.93 Å². The lowest BCUT2D eigenvalue weighted by atomic mass is 9.93. The maximum absolute atomic E-state index is 12.3. The molecule has 0 saturated carbocycles. The van der Waals surface area contributed by atoms with Crippen molar-refractivity contribution in [3.8, 4) is 0 Å². The number of aromatic nitrogens is 1. The molecule has 0 saturated heterocycles. The quantitative estimate of drug-likeness (QED) is 0.810. The van der Waals surface area contributed by atoms with Crippen LogP contribution >= 0.6 is 11.3 Å². The minimum atomic E-state index is -0.173. The van der Waals surface area contributed by atoms with Crippen molar-refractivity contribution in [3.63, 3.8) is 0 Å². The molecule has 1 atom stereocenters. The zero-order chi connectivity index (χ0) is 15.6. The van der Waals surface area contributed by atoms with Crippen LogP contribution in [0.3, 0.4) is 0 Å². The number of thiazole rings is 1. The van der Waals surface area contributed by atoms with Gasteiger partial charge in [-0.2, -0.15) is 0 Å². The van der Waals surface area contributed by atoms with Gasteiger partial charge in [-0.3, -0.25) is 5.32 Å². The Morgan fingerprint density at radius 1 is 1.22 bits per heavy atom. The second-order valence-corrected chi connectivity index (χ2v) is 7.38. The SMILES string of the molecule is O=C(Nc1nc2c(s1)CCCCC2)NC1CCCc2occc21. The number of hydrogen-bond donors (Lipinski definition) is 2. The average Bonchev–Trinajstić information content (AvgIpc) is 3.10. The van der Waals surface area contributed by atoms with Gasteiger partial charge in [0.25, 0.3) is 0 Å². The van der Waals surface area contributed by atoms with Gasteiger partial charge < -0.3 is 9.73 Å². The second-order valence-electron chi connectivity index (χ2n) is 6.29. The predicted molar refractivity (Wildman–Crippen MR) is 89.9 cm³/mol. The molecule has 23 heavy (non-hydrogen) atoms. The van der Waals surface area contributed by atoms with Crippen LogP contribution in [-0.2, 0) is 19.3 Å². The standard InChI is InChI=1S/C17H21N3O2S/c21-16(18-12-6-4-7-14-11(12)9-10-22-14)20-17-19-13-5-2-1-3-8-15(13)23-17/h9-10,12H,1-8H2,(H2,18,19,20,21). The Bertz CT molecular complexity index is 683. The summed E-state index contributed by atoms with van der Waals surface area (Å²) in [5.74, 6) is 1.00. The number of rotatable bonds is 2. The van der Waals surface area contributed by atoms with E-state index in [0.29, 0.717) is 0 Å². The van der Waals surface area contributed by atoms with E-state index in [0.717, 1.165) is 48.6 Å². The molecule has 0 aromatic carbocycles. The Hall–Kier alpha value is -1.82. The Morgan fingerprint density at radius 3 is 3.09 bits per heavy atom. The van der Waals surface area contributed by atoms with Crippen LogP contribution in [0.1, 0.15) is 60.0 Å². The van der Waals surface area contributed by atoms with Crippen LogP contribution in [0.15, 0.2) is 16.7 Å². The van der Waals surface area contributed by atoms with Crippen molar-refractivity contribution in [1.82, 2.24) is 10.3 Å². The molecule has 0 radical (unpaired) electrons. The van der Waals surface area contributed by atoms with Gasteiger partial charge in [0.15, 0.2) is 5.13 Å². The van der Waals surface area contributed by atoms with Crippen LogP contribution in [-0.4, -0.2) is 11.0 Å². The van der Waals surface area contributed by atoms with E-state index in [4.69, 9.17) is 4.42 Å². The molecule has 5 nitrogen and oxygen atoms in total. The van der Waals surface area contributed by atoms with Gasteiger partial charge in [0.1, 0.15) is 5.76 Å². The van der Waals surface area contributed by atoms with Crippen molar-refractivity contribution < 1.29 is 9.21 Å². The van der Waals surface area contributed by atoms with Crippen LogP contribution in [0.2, 0.25) is 0 Å². The van der Waals surface area contributed by atoms with Crippen LogP contribution < -0.4 is 10.6 Å². The molecule has 2 heterocycles. The Kier molecular flexibility index (Phi) is 4.08. The molecular formula is C17H21N3O2S. The summed E-state index contributed by atoms with van der Waals surface area (Å²) >= 11 is 1.62. The van der Waals surface area contributed by atoms with E-state index >= 15 is 0 Å². The molecular weight excluding hydrogens is 310 g/mol. The number of anilines is 1. The van der Waals surface area contributed by atoms with Gasteiger partial charge in [-0.25, -0.2) is 9.78 Å². The summed E-state index contributed by atoms with van der Waals surface area (Å²) in [4.78, 5) is 18.3. The van der Waals surface area contributed by atoms with Crippen LogP contribution in [0, 0.1) is 0 Å². The Morgan fingerprint density at radius 2 is 2.13 bits per heavy atom. The fourth-order valence-electron chi connectivity index (χ4n) is 3.51. The molecule has 6 heteroatoms. The smallest absolute Gasteiger partial charge is 0.321 e. The fraction of sp³-hybridized carbons (Fsp3) is 0.529. The predicted octanol–water partition coefficient (Wildman–Crippen LogP) is 4.20. The molecule has 2 aromatic heterocycles. The first-order chi connectivity index (χ1) is 11.3. The third-order valence-electron chi connectivity index (χ3n) is 4.67. The Balaban J connectivity index is 1.41. The number of carbonyl (C=O) groups excluding carboxylic acids is 1. The number of nitrogens with one attached hydrogen (secondary N) is 2. The molecule has 0 spiro atoms. The van der Waals surface area contributed by atoms with Gasteiger partial charge in [-0.05, 0) is 44.6 Å². The first-order valence-electron chi connectivity index (χ1n) is 8.42. The van der Waals surface area contributed by atoms with Gasteiger partial charge in [-0.15, -0.1) is 11.3 Å². The van der Waals surface area contributed by atoms with Gasteiger partial charge in [0, 0.05) is 16.9 Å². The molecule has 4 rings (SSSR count). The Labute approximate surface area is 139 Å². The number of furan rings is 1. The number of nitrogens with zero attached hydrogens (tertiary/aromatic N) is 1. The van der Waals surface area contributed by atoms with E-state index in [1.807, 2.05) is 6.07 Å². The maximum Gasteiger partial charge on any atom is 0.321 e. The number of carbonyl (C=O) groups is 1. The van der Waals surface area contributed by atoms with Crippen molar-refractivity contribution in [2.24, 2.45) is 0 Å². The number of urea groups is 1. The summed E-state index contributed by atoms with van der Waals surface area (Å²) < 4.78 is 5.47. The number of fused-ring (bicyclic) bond motifs is 2. The lowest BCUT2D eigenvalue weighted by molar-refractivity contribution is 0.246. The van der Waals surface area contributed by atoms with Crippen molar-refractivity contribution in [3.05, 3.63) is 34.2 Å². The molecule has 2 aromatic rings. The molecule has 2 aliphatic carbocycles. The third kappa shape index (κ3) is 3.13. The highest BCUT2D eigenvalue weighted by atomic mass is 32.1. The topological polar surface area (TPSA) is 67.2 Å². The van der Waals surface area contributed by atoms with Crippen molar-refractivity contribution in [2.75, 3.05) is 5.32 Å². The molecule has 2 aliphatic rings. The summed E-state index contributed by atoms with van der Waals surface area (Å²) in [5.41, 5.74) is 2.29. The summed E-state index contributed by atoms with van der Waals surface area (Å²) in [6.45, 7) is 0. The summed E-state index contributed by atoms with van der Waals surface area (Å²) in [6.07, 6.45) is 10.5. The highest BCUT2D eigenvalue weighted by Gasteiger charge is 2.24. The van der Waals surface area contributed by atoms with Crippen molar-refractivity contribution in [1.29, 1.82) is 0 Å². The monoisotopic (exact) mass is 331 g/mol. The minimum absolute atomic E-state index is 0.0373. The minimum Gasteiger partial charge on any atom is -0.469 e. The second kappa shape index (κ2) is 6.35. The average molecular weight is 331 g/mol. The lowest BCUT2D eigenvalue weighted by Gasteiger charge is -2.22. The molecule has 1 unspecified atom stereocenters. The van der Waals surface area contributed by atoms with E-state index in [1.54, 1.807) is 17.6 Å². The van der Waals surface area contributed by atoms with E-state index in [2.05, 4.69) is 15.6 Å². The molecule has 2 N–H and O–H groups in total. The maximum atomic E-state index is 12.3. The fourth-order valence-corrected chi connectivity index (χ4v) is 4.55. The van der Waals surface area contributed by atoms with E-state index in [1.165, 1.54) is 29.8 Å². The molecule has 122 valence electrons. The van der Waals surface area contributed by atoms with Gasteiger partial charge in [0.05, 0.1) is 18.0 Å². The number of hydrogen-bond acceptors (Lipinski definition) is 4. The third-order valence-corrected chi connectivity index (χ3v) is 5.75. The first kappa shape index (κ1) is 14.8. The highest BCUT2D eigenvalue weighted by molar-refractivity contribution is 7.15. The summed E-state index contributed by atoms with van der Waals surface area (Å²) in [6, 6.07) is 1.83. The van der Waals surface area contributed by atoms with Crippen LogP contribution in [0.5, 0.6) is 0 Å². The van der Waals surface area contributed by atoms with Crippen molar-refractivity contribution >= 4 is 22.5 Å². The normalized spacial score (nSPS) is 20.3. The van der Waals surface area contributed by atoms with Gasteiger partial charge in [-0.1, -0.05) is 6.42 Å². The van der Waals surface area contributed by atoms with Crippen molar-refractivity contribution in [2.45, 2.75) is 57.4 Å². The van der Waals surface area contributed by atoms with Gasteiger partial charge in [0.2, 0.25) is 0 Å². The van der Waals surface area contributed by atoms with E-state index in [9.17, 15) is 4.79 Å². The van der Waals surface area contributed by atoms with Gasteiger partial charge >= 0.3 is 6.03 Å². The van der Waals surface area contributed by atoms with Crippen LogP contribution in [0.25, 0.3) is 0 Å². The lowest BCUT2D eigenvalue weighted by Crippen LogP contribution is -2.34. The number of aryl methyl sites for hydroxylation is 3. The zero-order valence-electron chi connectivity index (χ0n) is 13.1. The molecule has 0 aliphatic heterocycles. The zero-order valence-corrected chi connectivity index (χ0v) is 13.9.